The second-order valence-corrected chi connectivity index (χ2v) is 5.54. The summed E-state index contributed by atoms with van der Waals surface area (Å²) in [4.78, 5) is 28.5. The number of aromatic nitrogens is 2. The highest BCUT2D eigenvalue weighted by Gasteiger charge is 2.26. The molecule has 0 radical (unpaired) electrons. The second kappa shape index (κ2) is 8.33. The van der Waals surface area contributed by atoms with Crippen molar-refractivity contribution < 1.29 is 19.4 Å². The zero-order chi connectivity index (χ0) is 19.3. The van der Waals surface area contributed by atoms with Gasteiger partial charge in [0, 0.05) is 6.42 Å². The molecule has 1 N–H and O–H groups in total. The Bertz CT molecular complexity index is 886. The third-order valence-corrected chi connectivity index (χ3v) is 3.83. The van der Waals surface area contributed by atoms with E-state index >= 15 is 0 Å². The fourth-order valence-corrected chi connectivity index (χ4v) is 2.65. The highest BCUT2D eigenvalue weighted by molar-refractivity contribution is 5.91. The van der Waals surface area contributed by atoms with Crippen LogP contribution in [0.1, 0.15) is 35.1 Å². The minimum Gasteiger partial charge on any atom is -0.495 e. The number of carbonyl (C=O) groups is 1. The van der Waals surface area contributed by atoms with Crippen molar-refractivity contribution >= 4 is 5.97 Å². The number of hydrogen-bond donors (Lipinski definition) is 1. The molecular weight excluding hydrogens is 336 g/mol. The number of para-hydroxylation sites is 1. The van der Waals surface area contributed by atoms with Gasteiger partial charge in [-0.25, -0.2) is 4.79 Å². The predicted octanol–water partition coefficient (Wildman–Crippen LogP) is 2.55. The number of nitrogens with zero attached hydrogens (tertiary/aromatic N) is 2. The van der Waals surface area contributed by atoms with Crippen molar-refractivity contribution in [2.75, 3.05) is 13.7 Å². The fourth-order valence-electron chi connectivity index (χ4n) is 2.65. The fraction of sp³-hybridized carbons (Fsp3) is 0.316. The third kappa shape index (κ3) is 3.61. The largest absolute Gasteiger partial charge is 0.495 e. The Morgan fingerprint density at radius 1 is 1.42 bits per heavy atom. The van der Waals surface area contributed by atoms with Crippen LogP contribution in [-0.4, -0.2) is 34.3 Å². The number of rotatable bonds is 7. The van der Waals surface area contributed by atoms with Gasteiger partial charge in [0.15, 0.2) is 5.56 Å². The molecule has 1 aromatic carbocycles. The van der Waals surface area contributed by atoms with Gasteiger partial charge in [-0.05, 0) is 31.9 Å². The molecule has 0 amide bonds. The van der Waals surface area contributed by atoms with Crippen molar-refractivity contribution in [3.05, 3.63) is 58.2 Å². The van der Waals surface area contributed by atoms with E-state index in [2.05, 4.69) is 11.6 Å². The van der Waals surface area contributed by atoms with Gasteiger partial charge in [-0.3, -0.25) is 9.36 Å². The number of aryl methyl sites for hydroxylation is 2. The molecule has 2 rings (SSSR count). The number of benzene rings is 1. The first-order valence-electron chi connectivity index (χ1n) is 8.23. The first-order chi connectivity index (χ1) is 12.5. The van der Waals surface area contributed by atoms with Gasteiger partial charge in [0.2, 0.25) is 5.88 Å². The number of aromatic hydroxyl groups is 1. The number of allylic oxidation sites excluding steroid dienone is 1. The van der Waals surface area contributed by atoms with Gasteiger partial charge in [-0.15, -0.1) is 6.58 Å². The summed E-state index contributed by atoms with van der Waals surface area (Å²) < 4.78 is 11.7. The summed E-state index contributed by atoms with van der Waals surface area (Å²) in [6.07, 6.45) is 2.58. The van der Waals surface area contributed by atoms with Crippen LogP contribution in [0, 0.1) is 6.92 Å². The summed E-state index contributed by atoms with van der Waals surface area (Å²) in [6.45, 7) is 7.19. The standard InChI is InChI=1S/C19H22N2O5/c1-5-7-11-14-20-17(22)15(19(24)26-6-2)18(23)21(14)16-12(3)9-8-10-13(16)25-4/h5,8-10,23H,1,6-7,11H2,2-4H3. The van der Waals surface area contributed by atoms with E-state index in [9.17, 15) is 14.7 Å². The molecule has 0 aliphatic heterocycles. The molecule has 138 valence electrons. The maximum absolute atomic E-state index is 12.3. The van der Waals surface area contributed by atoms with Crippen LogP contribution >= 0.6 is 0 Å². The highest BCUT2D eigenvalue weighted by Crippen LogP contribution is 2.32. The maximum atomic E-state index is 12.3. The molecule has 7 heteroatoms. The number of methoxy groups -OCH3 is 1. The number of hydrogen-bond acceptors (Lipinski definition) is 6. The van der Waals surface area contributed by atoms with Gasteiger partial charge in [-0.2, -0.15) is 4.98 Å². The van der Waals surface area contributed by atoms with Crippen molar-refractivity contribution in [3.8, 4) is 17.3 Å². The Balaban J connectivity index is 2.85. The van der Waals surface area contributed by atoms with Crippen LogP contribution in [-0.2, 0) is 11.2 Å². The normalized spacial score (nSPS) is 10.4. The first kappa shape index (κ1) is 19.2. The average molecular weight is 358 g/mol. The lowest BCUT2D eigenvalue weighted by atomic mass is 10.1. The summed E-state index contributed by atoms with van der Waals surface area (Å²) in [7, 11) is 1.50. The van der Waals surface area contributed by atoms with Crippen LogP contribution in [0.15, 0.2) is 35.6 Å². The smallest absolute Gasteiger partial charge is 0.349 e. The molecule has 26 heavy (non-hydrogen) atoms. The van der Waals surface area contributed by atoms with E-state index < -0.39 is 23.0 Å². The summed E-state index contributed by atoms with van der Waals surface area (Å²) in [6, 6.07) is 5.36. The molecular formula is C19H22N2O5. The predicted molar refractivity (Wildman–Crippen MR) is 97.3 cm³/mol. The van der Waals surface area contributed by atoms with Gasteiger partial charge in [0.25, 0.3) is 5.56 Å². The van der Waals surface area contributed by atoms with Crippen molar-refractivity contribution in [1.29, 1.82) is 0 Å². The van der Waals surface area contributed by atoms with E-state index in [0.717, 1.165) is 5.56 Å². The zero-order valence-corrected chi connectivity index (χ0v) is 15.1. The van der Waals surface area contributed by atoms with Gasteiger partial charge in [-0.1, -0.05) is 18.2 Å². The maximum Gasteiger partial charge on any atom is 0.349 e. The molecule has 0 atom stereocenters. The summed E-state index contributed by atoms with van der Waals surface area (Å²) in [5.74, 6) is -0.664. The molecule has 1 aromatic heterocycles. The Labute approximate surface area is 151 Å². The second-order valence-electron chi connectivity index (χ2n) is 5.54. The summed E-state index contributed by atoms with van der Waals surface area (Å²) in [5.41, 5.74) is -0.0484. The van der Waals surface area contributed by atoms with Crippen LogP contribution in [0.5, 0.6) is 11.6 Å². The topological polar surface area (TPSA) is 90.7 Å². The number of ether oxygens (including phenoxy) is 2. The Hall–Kier alpha value is -3.09. The first-order valence-corrected chi connectivity index (χ1v) is 8.23. The molecule has 0 unspecified atom stereocenters. The van der Waals surface area contributed by atoms with Crippen molar-refractivity contribution in [2.45, 2.75) is 26.7 Å². The SMILES string of the molecule is C=CCCc1nc(=O)c(C(=O)OCC)c(O)n1-c1c(C)cccc1OC. The molecule has 1 heterocycles. The molecule has 7 nitrogen and oxygen atoms in total. The van der Waals surface area contributed by atoms with E-state index in [1.165, 1.54) is 11.7 Å². The molecule has 2 aromatic rings. The van der Waals surface area contributed by atoms with Crippen LogP contribution in [0.25, 0.3) is 5.69 Å². The lowest BCUT2D eigenvalue weighted by Gasteiger charge is -2.20. The van der Waals surface area contributed by atoms with E-state index in [4.69, 9.17) is 9.47 Å². The van der Waals surface area contributed by atoms with Gasteiger partial charge in [0.1, 0.15) is 11.6 Å². The summed E-state index contributed by atoms with van der Waals surface area (Å²) in [5, 5.41) is 10.8. The zero-order valence-electron chi connectivity index (χ0n) is 15.1. The molecule has 0 spiro atoms. The third-order valence-electron chi connectivity index (χ3n) is 3.83. The molecule has 0 aliphatic carbocycles. The van der Waals surface area contributed by atoms with Crippen LogP contribution in [0.4, 0.5) is 0 Å². The van der Waals surface area contributed by atoms with E-state index in [0.29, 0.717) is 30.1 Å². The van der Waals surface area contributed by atoms with E-state index in [-0.39, 0.29) is 6.61 Å². The van der Waals surface area contributed by atoms with Crippen molar-refractivity contribution in [2.24, 2.45) is 0 Å². The molecule has 0 bridgehead atoms. The number of carbonyl (C=O) groups excluding carboxylic acids is 1. The minimum atomic E-state index is -0.918. The molecule has 0 saturated heterocycles. The lowest BCUT2D eigenvalue weighted by Crippen LogP contribution is -2.26. The average Bonchev–Trinajstić information content (AvgIpc) is 2.60. The Morgan fingerprint density at radius 2 is 2.15 bits per heavy atom. The van der Waals surface area contributed by atoms with Gasteiger partial charge < -0.3 is 14.6 Å². The van der Waals surface area contributed by atoms with Crippen molar-refractivity contribution in [3.63, 3.8) is 0 Å². The van der Waals surface area contributed by atoms with E-state index in [1.54, 1.807) is 25.1 Å². The van der Waals surface area contributed by atoms with Crippen LogP contribution in [0.2, 0.25) is 0 Å². The Kier molecular flexibility index (Phi) is 6.16. The molecule has 0 saturated carbocycles. The van der Waals surface area contributed by atoms with Gasteiger partial charge in [0.05, 0.1) is 19.4 Å². The van der Waals surface area contributed by atoms with Crippen LogP contribution in [0.3, 0.4) is 0 Å². The monoisotopic (exact) mass is 358 g/mol. The Morgan fingerprint density at radius 3 is 2.77 bits per heavy atom. The minimum absolute atomic E-state index is 0.0730. The summed E-state index contributed by atoms with van der Waals surface area (Å²) >= 11 is 0. The quantitative estimate of drug-likeness (QED) is 0.604. The highest BCUT2D eigenvalue weighted by atomic mass is 16.5. The van der Waals surface area contributed by atoms with Gasteiger partial charge >= 0.3 is 5.97 Å². The molecule has 0 fully saturated rings. The van der Waals surface area contributed by atoms with Crippen molar-refractivity contribution in [1.82, 2.24) is 9.55 Å². The lowest BCUT2D eigenvalue weighted by molar-refractivity contribution is 0.0519. The number of esters is 1. The van der Waals surface area contributed by atoms with Crippen LogP contribution < -0.4 is 10.3 Å². The molecule has 0 aliphatic rings. The van der Waals surface area contributed by atoms with E-state index in [1.807, 2.05) is 13.0 Å².